The van der Waals surface area contributed by atoms with Crippen LogP contribution in [0.15, 0.2) is 60.7 Å². The minimum atomic E-state index is -0.122. The zero-order chi connectivity index (χ0) is 18.9. The summed E-state index contributed by atoms with van der Waals surface area (Å²) in [6.07, 6.45) is 3.35. The second kappa shape index (κ2) is 9.90. The molecule has 0 bridgehead atoms. The second-order valence-corrected chi connectivity index (χ2v) is 6.46. The van der Waals surface area contributed by atoms with Gasteiger partial charge in [-0.05, 0) is 17.7 Å². The summed E-state index contributed by atoms with van der Waals surface area (Å²) in [5.41, 5.74) is 1.97. The van der Waals surface area contributed by atoms with Gasteiger partial charge in [0.25, 0.3) is 0 Å². The number of methoxy groups -OCH3 is 1. The van der Waals surface area contributed by atoms with Gasteiger partial charge in [0.15, 0.2) is 0 Å². The summed E-state index contributed by atoms with van der Waals surface area (Å²) in [7, 11) is 1.63. The zero-order valence-corrected chi connectivity index (χ0v) is 15.6. The number of ether oxygens (including phenoxy) is 2. The maximum Gasteiger partial charge on any atom is 0.244 e. The van der Waals surface area contributed by atoms with E-state index >= 15 is 0 Å². The van der Waals surface area contributed by atoms with E-state index in [1.54, 1.807) is 19.3 Å². The third kappa shape index (κ3) is 5.67. The van der Waals surface area contributed by atoms with Crippen LogP contribution in [0.3, 0.4) is 0 Å². The SMILES string of the molecule is COc1ccccc1/C=C/C(=O)N[C@H](CN1CCOCC1)c1ccccc1. The third-order valence-electron chi connectivity index (χ3n) is 4.62. The molecule has 0 spiro atoms. The van der Waals surface area contributed by atoms with Gasteiger partial charge in [-0.15, -0.1) is 0 Å². The van der Waals surface area contributed by atoms with Crippen LogP contribution in [-0.4, -0.2) is 50.8 Å². The number of carbonyl (C=O) groups excluding carboxylic acids is 1. The summed E-state index contributed by atoms with van der Waals surface area (Å²) in [6, 6.07) is 17.6. The van der Waals surface area contributed by atoms with E-state index in [9.17, 15) is 4.79 Å². The van der Waals surface area contributed by atoms with Crippen LogP contribution < -0.4 is 10.1 Å². The van der Waals surface area contributed by atoms with Crippen molar-refractivity contribution < 1.29 is 14.3 Å². The van der Waals surface area contributed by atoms with Crippen LogP contribution in [0.4, 0.5) is 0 Å². The average molecular weight is 366 g/mol. The van der Waals surface area contributed by atoms with Gasteiger partial charge in [0.1, 0.15) is 5.75 Å². The molecule has 1 fully saturated rings. The van der Waals surface area contributed by atoms with Crippen molar-refractivity contribution in [1.29, 1.82) is 0 Å². The quantitative estimate of drug-likeness (QED) is 0.766. The van der Waals surface area contributed by atoms with Crippen molar-refractivity contribution in [1.82, 2.24) is 10.2 Å². The number of benzene rings is 2. The lowest BCUT2D eigenvalue weighted by molar-refractivity contribution is -0.117. The average Bonchev–Trinajstić information content (AvgIpc) is 2.73. The maximum absolute atomic E-state index is 12.6. The molecule has 1 aliphatic rings. The molecule has 3 rings (SSSR count). The Morgan fingerprint density at radius 1 is 1.15 bits per heavy atom. The molecule has 1 atom stereocenters. The van der Waals surface area contributed by atoms with Crippen molar-refractivity contribution in [3.05, 3.63) is 71.8 Å². The van der Waals surface area contributed by atoms with Crippen molar-refractivity contribution in [2.75, 3.05) is 40.0 Å². The Balaban J connectivity index is 1.69. The zero-order valence-electron chi connectivity index (χ0n) is 15.6. The van der Waals surface area contributed by atoms with Crippen LogP contribution in [0.5, 0.6) is 5.75 Å². The molecule has 1 saturated heterocycles. The summed E-state index contributed by atoms with van der Waals surface area (Å²) in [5, 5.41) is 3.14. The van der Waals surface area contributed by atoms with Crippen molar-refractivity contribution in [2.24, 2.45) is 0 Å². The number of para-hydroxylation sites is 1. The number of nitrogens with zero attached hydrogens (tertiary/aromatic N) is 1. The summed E-state index contributed by atoms with van der Waals surface area (Å²) in [4.78, 5) is 14.9. The Morgan fingerprint density at radius 2 is 1.85 bits per heavy atom. The third-order valence-corrected chi connectivity index (χ3v) is 4.62. The van der Waals surface area contributed by atoms with Crippen molar-refractivity contribution >= 4 is 12.0 Å². The molecule has 0 saturated carbocycles. The van der Waals surface area contributed by atoms with Crippen LogP contribution in [0.25, 0.3) is 6.08 Å². The summed E-state index contributed by atoms with van der Waals surface area (Å²) in [6.45, 7) is 4.01. The van der Waals surface area contributed by atoms with Gasteiger partial charge in [0.2, 0.25) is 5.91 Å². The van der Waals surface area contributed by atoms with E-state index in [-0.39, 0.29) is 11.9 Å². The van der Waals surface area contributed by atoms with Gasteiger partial charge in [-0.1, -0.05) is 48.5 Å². The van der Waals surface area contributed by atoms with E-state index in [1.165, 1.54) is 0 Å². The van der Waals surface area contributed by atoms with E-state index < -0.39 is 0 Å². The van der Waals surface area contributed by atoms with Gasteiger partial charge in [-0.2, -0.15) is 0 Å². The number of morpholine rings is 1. The Kier molecular flexibility index (Phi) is 7.02. The van der Waals surface area contributed by atoms with E-state index in [0.717, 1.165) is 49.7 Å². The van der Waals surface area contributed by atoms with Gasteiger partial charge in [0, 0.05) is 31.3 Å². The minimum absolute atomic E-state index is 0.0703. The van der Waals surface area contributed by atoms with Gasteiger partial charge in [0.05, 0.1) is 26.4 Å². The van der Waals surface area contributed by atoms with E-state index in [0.29, 0.717) is 0 Å². The summed E-state index contributed by atoms with van der Waals surface area (Å²) >= 11 is 0. The Bertz CT molecular complexity index is 755. The first-order chi connectivity index (χ1) is 13.3. The molecule has 0 aromatic heterocycles. The first kappa shape index (κ1) is 19.1. The molecule has 2 aromatic rings. The van der Waals surface area contributed by atoms with E-state index in [2.05, 4.69) is 22.3 Å². The van der Waals surface area contributed by atoms with Gasteiger partial charge >= 0.3 is 0 Å². The van der Waals surface area contributed by atoms with Crippen LogP contribution in [0.1, 0.15) is 17.2 Å². The smallest absolute Gasteiger partial charge is 0.244 e. The lowest BCUT2D eigenvalue weighted by Crippen LogP contribution is -2.42. The molecule has 0 unspecified atom stereocenters. The fourth-order valence-corrected chi connectivity index (χ4v) is 3.15. The van der Waals surface area contributed by atoms with Gasteiger partial charge in [-0.25, -0.2) is 0 Å². The molecule has 27 heavy (non-hydrogen) atoms. The van der Waals surface area contributed by atoms with Crippen molar-refractivity contribution in [2.45, 2.75) is 6.04 Å². The standard InChI is InChI=1S/C22H26N2O3/c1-26-21-10-6-5-9-19(21)11-12-22(25)23-20(18-7-3-2-4-8-18)17-24-13-15-27-16-14-24/h2-12,20H,13-17H2,1H3,(H,23,25)/b12-11+/t20-/m1/s1. The Morgan fingerprint density at radius 3 is 2.59 bits per heavy atom. The monoisotopic (exact) mass is 366 g/mol. The lowest BCUT2D eigenvalue weighted by atomic mass is 10.1. The van der Waals surface area contributed by atoms with E-state index in [1.807, 2.05) is 42.5 Å². The first-order valence-electron chi connectivity index (χ1n) is 9.23. The number of hydrogen-bond donors (Lipinski definition) is 1. The lowest BCUT2D eigenvalue weighted by Gasteiger charge is -2.31. The van der Waals surface area contributed by atoms with Crippen molar-refractivity contribution in [3.63, 3.8) is 0 Å². The van der Waals surface area contributed by atoms with Crippen LogP contribution in [-0.2, 0) is 9.53 Å². The molecule has 5 heteroatoms. The molecular weight excluding hydrogens is 340 g/mol. The topological polar surface area (TPSA) is 50.8 Å². The van der Waals surface area contributed by atoms with Crippen molar-refractivity contribution in [3.8, 4) is 5.75 Å². The molecule has 1 heterocycles. The van der Waals surface area contributed by atoms with Gasteiger partial charge in [-0.3, -0.25) is 9.69 Å². The molecule has 142 valence electrons. The predicted molar refractivity (Wildman–Crippen MR) is 107 cm³/mol. The molecular formula is C22H26N2O3. The Labute approximate surface area is 160 Å². The Hall–Kier alpha value is -2.63. The maximum atomic E-state index is 12.6. The highest BCUT2D eigenvalue weighted by molar-refractivity contribution is 5.92. The number of rotatable bonds is 7. The molecule has 5 nitrogen and oxygen atoms in total. The van der Waals surface area contributed by atoms with Crippen LogP contribution >= 0.6 is 0 Å². The molecule has 0 aliphatic carbocycles. The fraction of sp³-hybridized carbons (Fsp3) is 0.318. The molecule has 1 N–H and O–H groups in total. The second-order valence-electron chi connectivity index (χ2n) is 6.46. The molecule has 1 aliphatic heterocycles. The van der Waals surface area contributed by atoms with Crippen LogP contribution in [0.2, 0.25) is 0 Å². The van der Waals surface area contributed by atoms with E-state index in [4.69, 9.17) is 9.47 Å². The molecule has 1 amide bonds. The summed E-state index contributed by atoms with van der Waals surface area (Å²) < 4.78 is 10.8. The highest BCUT2D eigenvalue weighted by Gasteiger charge is 2.19. The normalized spacial score (nSPS) is 16.2. The highest BCUT2D eigenvalue weighted by Crippen LogP contribution is 2.19. The van der Waals surface area contributed by atoms with Crippen LogP contribution in [0, 0.1) is 0 Å². The summed E-state index contributed by atoms with van der Waals surface area (Å²) in [5.74, 6) is 0.623. The number of nitrogens with one attached hydrogen (secondary N) is 1. The highest BCUT2D eigenvalue weighted by atomic mass is 16.5. The number of hydrogen-bond acceptors (Lipinski definition) is 4. The number of carbonyl (C=O) groups is 1. The fourth-order valence-electron chi connectivity index (χ4n) is 3.15. The number of amides is 1. The largest absolute Gasteiger partial charge is 0.496 e. The molecule has 2 aromatic carbocycles. The molecule has 0 radical (unpaired) electrons. The van der Waals surface area contributed by atoms with Gasteiger partial charge < -0.3 is 14.8 Å². The first-order valence-corrected chi connectivity index (χ1v) is 9.23. The minimum Gasteiger partial charge on any atom is -0.496 e. The predicted octanol–water partition coefficient (Wildman–Crippen LogP) is 2.90.